The predicted octanol–water partition coefficient (Wildman–Crippen LogP) is 4.50. The van der Waals surface area contributed by atoms with Crippen LogP contribution in [0.3, 0.4) is 0 Å². The van der Waals surface area contributed by atoms with Crippen LogP contribution in [-0.4, -0.2) is 22.7 Å². The number of hydrogen-bond acceptors (Lipinski definition) is 3. The van der Waals surface area contributed by atoms with Crippen molar-refractivity contribution in [2.45, 2.75) is 45.7 Å². The first-order valence-electron chi connectivity index (χ1n) is 9.51. The van der Waals surface area contributed by atoms with E-state index in [1.54, 1.807) is 0 Å². The smallest absolute Gasteiger partial charge is 0.310 e. The molecule has 2 N–H and O–H groups in total. The molecule has 0 spiro atoms. The maximum absolute atomic E-state index is 12.4. The minimum Gasteiger partial charge on any atom is -0.481 e. The Morgan fingerprint density at radius 3 is 2.26 bits per heavy atom. The summed E-state index contributed by atoms with van der Waals surface area (Å²) >= 11 is 0. The third-order valence-electron chi connectivity index (χ3n) is 6.67. The lowest BCUT2D eigenvalue weighted by atomic mass is 9.88. The highest BCUT2D eigenvalue weighted by molar-refractivity contribution is 5.82. The lowest BCUT2D eigenvalue weighted by Gasteiger charge is -2.16. The Bertz CT molecular complexity index is 874. The van der Waals surface area contributed by atoms with Crippen LogP contribution in [0.15, 0.2) is 54.6 Å². The molecule has 2 fully saturated rings. The van der Waals surface area contributed by atoms with Gasteiger partial charge in [-0.15, -0.1) is 0 Å². The van der Waals surface area contributed by atoms with Gasteiger partial charge in [-0.1, -0.05) is 44.2 Å². The molecule has 1 saturated heterocycles. The van der Waals surface area contributed by atoms with Gasteiger partial charge in [-0.05, 0) is 61.4 Å². The molecule has 3 unspecified atom stereocenters. The van der Waals surface area contributed by atoms with Gasteiger partial charge in [0.1, 0.15) is 11.5 Å². The molecule has 142 valence electrons. The molecule has 0 bridgehead atoms. The lowest BCUT2D eigenvalue weighted by Crippen LogP contribution is -2.25. The van der Waals surface area contributed by atoms with Crippen molar-refractivity contribution in [1.82, 2.24) is 5.32 Å². The molecule has 2 aromatic carbocycles. The van der Waals surface area contributed by atoms with Crippen LogP contribution in [0.5, 0.6) is 11.5 Å². The van der Waals surface area contributed by atoms with Gasteiger partial charge in [0.25, 0.3) is 0 Å². The molecule has 3 atom stereocenters. The molecule has 0 aromatic heterocycles. The molecule has 1 aliphatic carbocycles. The topological polar surface area (TPSA) is 68.5 Å². The number of para-hydroxylation sites is 1. The van der Waals surface area contributed by atoms with E-state index in [9.17, 15) is 9.90 Å². The van der Waals surface area contributed by atoms with Crippen molar-refractivity contribution in [3.8, 4) is 11.5 Å². The van der Waals surface area contributed by atoms with Gasteiger partial charge in [-0.2, -0.15) is 0 Å². The van der Waals surface area contributed by atoms with E-state index < -0.39 is 11.4 Å². The van der Waals surface area contributed by atoms with Crippen LogP contribution in [0.25, 0.3) is 0 Å². The summed E-state index contributed by atoms with van der Waals surface area (Å²) in [6.45, 7) is 8.47. The summed E-state index contributed by atoms with van der Waals surface area (Å²) in [5.74, 6) is 0.933. The fourth-order valence-corrected chi connectivity index (χ4v) is 4.94. The molecular weight excluding hydrogens is 338 g/mol. The number of carbonyl (C=O) groups is 1. The van der Waals surface area contributed by atoms with Gasteiger partial charge in [-0.3, -0.25) is 4.79 Å². The minimum absolute atomic E-state index is 0.0252. The Labute approximate surface area is 160 Å². The number of aliphatic carboxylic acids is 1. The Hall–Kier alpha value is -2.33. The van der Waals surface area contributed by atoms with Gasteiger partial charge < -0.3 is 15.2 Å². The maximum atomic E-state index is 12.4. The summed E-state index contributed by atoms with van der Waals surface area (Å²) < 4.78 is 5.93. The van der Waals surface area contributed by atoms with Gasteiger partial charge in [0, 0.05) is 11.6 Å². The van der Waals surface area contributed by atoms with Crippen LogP contribution in [0.1, 0.15) is 33.3 Å². The summed E-state index contributed by atoms with van der Waals surface area (Å²) in [6.07, 6.45) is 0.514. The minimum atomic E-state index is -0.746. The average Bonchev–Trinajstić information content (AvgIpc) is 3.37. The van der Waals surface area contributed by atoms with Crippen LogP contribution in [0.4, 0.5) is 0 Å². The number of benzene rings is 2. The highest BCUT2D eigenvalue weighted by atomic mass is 16.5. The maximum Gasteiger partial charge on any atom is 0.310 e. The van der Waals surface area contributed by atoms with Crippen molar-refractivity contribution in [2.24, 2.45) is 16.7 Å². The highest BCUT2D eigenvalue weighted by Crippen LogP contribution is 2.74. The quantitative estimate of drug-likeness (QED) is 0.740. The zero-order valence-corrected chi connectivity index (χ0v) is 16.3. The number of rotatable bonds is 6. The van der Waals surface area contributed by atoms with E-state index in [2.05, 4.69) is 33.0 Å². The summed E-state index contributed by atoms with van der Waals surface area (Å²) in [7, 11) is 0. The van der Waals surface area contributed by atoms with Gasteiger partial charge in [0.2, 0.25) is 0 Å². The van der Waals surface area contributed by atoms with Gasteiger partial charge >= 0.3 is 5.97 Å². The summed E-state index contributed by atoms with van der Waals surface area (Å²) in [5.41, 5.74) is 0.0294. The Balaban J connectivity index is 1.59. The monoisotopic (exact) mass is 365 g/mol. The van der Waals surface area contributed by atoms with Crippen molar-refractivity contribution < 1.29 is 14.6 Å². The van der Waals surface area contributed by atoms with Crippen molar-refractivity contribution in [3.05, 3.63) is 60.2 Å². The second kappa shape index (κ2) is 5.83. The third kappa shape index (κ3) is 2.83. The van der Waals surface area contributed by atoms with Crippen LogP contribution in [0.2, 0.25) is 0 Å². The normalized spacial score (nSPS) is 29.8. The number of nitrogens with one attached hydrogen (secondary N) is 1. The molecule has 1 heterocycles. The van der Waals surface area contributed by atoms with Crippen molar-refractivity contribution in [1.29, 1.82) is 0 Å². The Kier molecular flexibility index (Phi) is 3.90. The largest absolute Gasteiger partial charge is 0.481 e. The molecule has 4 heteroatoms. The summed E-state index contributed by atoms with van der Waals surface area (Å²) in [5, 5.41) is 13.6. The zero-order valence-electron chi connectivity index (χ0n) is 16.3. The van der Waals surface area contributed by atoms with Gasteiger partial charge in [0.05, 0.1) is 5.41 Å². The van der Waals surface area contributed by atoms with E-state index >= 15 is 0 Å². The molecule has 4 rings (SSSR count). The van der Waals surface area contributed by atoms with Crippen LogP contribution >= 0.6 is 0 Å². The third-order valence-corrected chi connectivity index (χ3v) is 6.67. The molecular formula is C23H27NO3. The summed E-state index contributed by atoms with van der Waals surface area (Å²) in [4.78, 5) is 12.4. The highest BCUT2D eigenvalue weighted by Gasteiger charge is 2.81. The standard InChI is InChI=1S/C23H27NO3/c1-21(2)18(19-22(3,4)24-19)23(21,20(25)26)14-15-9-8-12-17(13-15)27-16-10-6-5-7-11-16/h5-13,18-19,24H,14H2,1-4H3,(H,25,26). The molecule has 2 aromatic rings. The second-order valence-corrected chi connectivity index (χ2v) is 9.06. The van der Waals surface area contributed by atoms with E-state index in [1.165, 1.54) is 0 Å². The van der Waals surface area contributed by atoms with Crippen LogP contribution in [-0.2, 0) is 11.2 Å². The lowest BCUT2D eigenvalue weighted by molar-refractivity contribution is -0.145. The van der Waals surface area contributed by atoms with Crippen molar-refractivity contribution in [2.75, 3.05) is 0 Å². The molecule has 1 saturated carbocycles. The average molecular weight is 365 g/mol. The fraction of sp³-hybridized carbons (Fsp3) is 0.435. The van der Waals surface area contributed by atoms with E-state index in [0.717, 1.165) is 17.1 Å². The SMILES string of the molecule is CC1(C)NC1C1C(C)(C)C1(Cc1cccc(Oc2ccccc2)c1)C(=O)O. The molecule has 4 nitrogen and oxygen atoms in total. The molecule has 2 aliphatic rings. The first-order valence-corrected chi connectivity index (χ1v) is 9.51. The van der Waals surface area contributed by atoms with E-state index in [0.29, 0.717) is 6.42 Å². The fourth-order valence-electron chi connectivity index (χ4n) is 4.94. The molecule has 0 amide bonds. The first-order chi connectivity index (χ1) is 12.7. The summed E-state index contributed by atoms with van der Waals surface area (Å²) in [6, 6.07) is 17.7. The number of carboxylic acid groups (broad SMARTS) is 1. The van der Waals surface area contributed by atoms with E-state index in [-0.39, 0.29) is 22.9 Å². The van der Waals surface area contributed by atoms with Crippen molar-refractivity contribution in [3.63, 3.8) is 0 Å². The molecule has 27 heavy (non-hydrogen) atoms. The number of hydrogen-bond donors (Lipinski definition) is 2. The van der Waals surface area contributed by atoms with Crippen LogP contribution in [0, 0.1) is 16.7 Å². The van der Waals surface area contributed by atoms with E-state index in [4.69, 9.17) is 4.74 Å². The number of carboxylic acids is 1. The predicted molar refractivity (Wildman–Crippen MR) is 105 cm³/mol. The molecule has 0 radical (unpaired) electrons. The molecule has 1 aliphatic heterocycles. The van der Waals surface area contributed by atoms with Crippen LogP contribution < -0.4 is 10.1 Å². The Morgan fingerprint density at radius 2 is 1.67 bits per heavy atom. The second-order valence-electron chi connectivity index (χ2n) is 9.06. The van der Waals surface area contributed by atoms with Gasteiger partial charge in [0.15, 0.2) is 0 Å². The number of ether oxygens (including phenoxy) is 1. The Morgan fingerprint density at radius 1 is 1.04 bits per heavy atom. The van der Waals surface area contributed by atoms with E-state index in [1.807, 2.05) is 54.6 Å². The zero-order chi connectivity index (χ0) is 19.4. The van der Waals surface area contributed by atoms with Crippen molar-refractivity contribution >= 4 is 5.97 Å². The first kappa shape index (κ1) is 18.1. The van der Waals surface area contributed by atoms with Gasteiger partial charge in [-0.25, -0.2) is 0 Å².